The van der Waals surface area contributed by atoms with Crippen molar-refractivity contribution in [1.29, 1.82) is 0 Å². The Morgan fingerprint density at radius 2 is 2.11 bits per heavy atom. The molecule has 1 aliphatic rings. The Morgan fingerprint density at radius 1 is 1.44 bits per heavy atom. The fourth-order valence-electron chi connectivity index (χ4n) is 2.38. The topological polar surface area (TPSA) is 54.5 Å². The predicted octanol–water partition coefficient (Wildman–Crippen LogP) is 0.913. The van der Waals surface area contributed by atoms with Crippen molar-refractivity contribution in [2.24, 2.45) is 0 Å². The maximum absolute atomic E-state index is 12.4. The van der Waals surface area contributed by atoms with Gasteiger partial charge in [-0.3, -0.25) is 4.79 Å². The van der Waals surface area contributed by atoms with Gasteiger partial charge in [0.25, 0.3) is 5.91 Å². The summed E-state index contributed by atoms with van der Waals surface area (Å²) in [5.41, 5.74) is 0.529. The molecule has 2 atom stereocenters. The molecule has 2 heterocycles. The van der Waals surface area contributed by atoms with Crippen LogP contribution in [0.3, 0.4) is 0 Å². The molecule has 2 rings (SSSR count). The number of hydrogen-bond acceptors (Lipinski definition) is 4. The molecule has 5 nitrogen and oxygen atoms in total. The number of aromatic nitrogens is 1. The molecule has 1 fully saturated rings. The van der Waals surface area contributed by atoms with E-state index >= 15 is 0 Å². The van der Waals surface area contributed by atoms with E-state index in [9.17, 15) is 4.79 Å². The van der Waals surface area contributed by atoms with Crippen LogP contribution in [0.1, 0.15) is 24.2 Å². The van der Waals surface area contributed by atoms with Gasteiger partial charge in [-0.25, -0.2) is 4.98 Å². The Labute approximate surface area is 107 Å². The van der Waals surface area contributed by atoms with Crippen molar-refractivity contribution in [3.05, 3.63) is 23.9 Å². The van der Waals surface area contributed by atoms with Gasteiger partial charge in [0.05, 0.1) is 7.11 Å². The highest BCUT2D eigenvalue weighted by Crippen LogP contribution is 2.17. The van der Waals surface area contributed by atoms with Crippen molar-refractivity contribution < 1.29 is 9.53 Å². The SMILES string of the molecule is COc1ncccc1C(=O)N1CC(C)NC(C)C1. The molecule has 0 saturated carbocycles. The number of piperazine rings is 1. The van der Waals surface area contributed by atoms with Gasteiger partial charge in [-0.15, -0.1) is 0 Å². The quantitative estimate of drug-likeness (QED) is 0.846. The average Bonchev–Trinajstić information content (AvgIpc) is 2.36. The summed E-state index contributed by atoms with van der Waals surface area (Å²) < 4.78 is 5.14. The van der Waals surface area contributed by atoms with E-state index in [0.29, 0.717) is 36.6 Å². The van der Waals surface area contributed by atoms with Crippen molar-refractivity contribution in [1.82, 2.24) is 15.2 Å². The fourth-order valence-corrected chi connectivity index (χ4v) is 2.38. The number of rotatable bonds is 2. The summed E-state index contributed by atoms with van der Waals surface area (Å²) in [6, 6.07) is 4.12. The zero-order valence-corrected chi connectivity index (χ0v) is 11.0. The highest BCUT2D eigenvalue weighted by molar-refractivity contribution is 5.96. The minimum Gasteiger partial charge on any atom is -0.480 e. The first-order chi connectivity index (χ1) is 8.61. The number of carbonyl (C=O) groups is 1. The number of amides is 1. The van der Waals surface area contributed by atoms with Crippen molar-refractivity contribution in [3.63, 3.8) is 0 Å². The summed E-state index contributed by atoms with van der Waals surface area (Å²) in [6.07, 6.45) is 1.62. The summed E-state index contributed by atoms with van der Waals surface area (Å²) in [5, 5.41) is 3.40. The molecule has 0 bridgehead atoms. The molecule has 0 spiro atoms. The molecule has 2 unspecified atom stereocenters. The van der Waals surface area contributed by atoms with Crippen LogP contribution >= 0.6 is 0 Å². The average molecular weight is 249 g/mol. The van der Waals surface area contributed by atoms with Crippen LogP contribution in [0.2, 0.25) is 0 Å². The molecule has 1 N–H and O–H groups in total. The first-order valence-corrected chi connectivity index (χ1v) is 6.16. The Bertz CT molecular complexity index is 426. The maximum Gasteiger partial charge on any atom is 0.259 e. The van der Waals surface area contributed by atoms with E-state index < -0.39 is 0 Å². The molecule has 1 saturated heterocycles. The second-order valence-corrected chi connectivity index (χ2v) is 4.74. The Hall–Kier alpha value is -1.62. The van der Waals surface area contributed by atoms with Gasteiger partial charge in [-0.1, -0.05) is 0 Å². The van der Waals surface area contributed by atoms with Crippen LogP contribution in [0, 0.1) is 0 Å². The fraction of sp³-hybridized carbons (Fsp3) is 0.538. The lowest BCUT2D eigenvalue weighted by atomic mass is 10.1. The van der Waals surface area contributed by atoms with Crippen LogP contribution in [0.25, 0.3) is 0 Å². The van der Waals surface area contributed by atoms with Gasteiger partial charge in [-0.2, -0.15) is 0 Å². The molecular formula is C13H19N3O2. The number of methoxy groups -OCH3 is 1. The number of carbonyl (C=O) groups excluding carboxylic acids is 1. The van der Waals surface area contributed by atoms with Crippen LogP contribution in [0.4, 0.5) is 0 Å². The van der Waals surface area contributed by atoms with E-state index in [-0.39, 0.29) is 5.91 Å². The molecule has 0 radical (unpaired) electrons. The van der Waals surface area contributed by atoms with E-state index in [1.165, 1.54) is 7.11 Å². The van der Waals surface area contributed by atoms with E-state index in [0.717, 1.165) is 0 Å². The van der Waals surface area contributed by atoms with Gasteiger partial charge in [0.15, 0.2) is 0 Å². The second kappa shape index (κ2) is 5.35. The zero-order valence-electron chi connectivity index (χ0n) is 11.0. The molecule has 0 aromatic carbocycles. The van der Waals surface area contributed by atoms with Crippen LogP contribution in [-0.2, 0) is 0 Å². The minimum absolute atomic E-state index is 0.0138. The lowest BCUT2D eigenvalue weighted by Crippen LogP contribution is -2.55. The van der Waals surface area contributed by atoms with Gasteiger partial charge >= 0.3 is 0 Å². The summed E-state index contributed by atoms with van der Waals surface area (Å²) in [4.78, 5) is 18.4. The largest absolute Gasteiger partial charge is 0.480 e. The lowest BCUT2D eigenvalue weighted by molar-refractivity contribution is 0.0669. The van der Waals surface area contributed by atoms with Gasteiger partial charge in [0.2, 0.25) is 5.88 Å². The van der Waals surface area contributed by atoms with Crippen LogP contribution in [-0.4, -0.2) is 48.1 Å². The third-order valence-corrected chi connectivity index (χ3v) is 3.04. The highest BCUT2D eigenvalue weighted by atomic mass is 16.5. The number of nitrogens with one attached hydrogen (secondary N) is 1. The minimum atomic E-state index is -0.0138. The maximum atomic E-state index is 12.4. The van der Waals surface area contributed by atoms with Gasteiger partial charge in [0, 0.05) is 31.4 Å². The van der Waals surface area contributed by atoms with Crippen molar-refractivity contribution in [2.45, 2.75) is 25.9 Å². The standard InChI is InChI=1S/C13H19N3O2/c1-9-7-16(8-10(2)15-9)13(17)11-5-4-6-14-12(11)18-3/h4-6,9-10,15H,7-8H2,1-3H3. The number of pyridine rings is 1. The Balaban J connectivity index is 2.20. The third kappa shape index (κ3) is 2.61. The van der Waals surface area contributed by atoms with E-state index in [4.69, 9.17) is 4.74 Å². The number of nitrogens with zero attached hydrogens (tertiary/aromatic N) is 2. The van der Waals surface area contributed by atoms with Crippen molar-refractivity contribution in [2.75, 3.05) is 20.2 Å². The molecule has 1 aromatic heterocycles. The first-order valence-electron chi connectivity index (χ1n) is 6.16. The molecule has 1 aromatic rings. The lowest BCUT2D eigenvalue weighted by Gasteiger charge is -2.36. The summed E-state index contributed by atoms with van der Waals surface area (Å²) in [5.74, 6) is 0.376. The van der Waals surface area contributed by atoms with E-state index in [2.05, 4.69) is 24.1 Å². The zero-order chi connectivity index (χ0) is 13.1. The van der Waals surface area contributed by atoms with E-state index in [1.807, 2.05) is 4.90 Å². The Kier molecular flexibility index (Phi) is 3.81. The van der Waals surface area contributed by atoms with Gasteiger partial charge in [-0.05, 0) is 26.0 Å². The highest BCUT2D eigenvalue weighted by Gasteiger charge is 2.27. The second-order valence-electron chi connectivity index (χ2n) is 4.74. The Morgan fingerprint density at radius 3 is 2.72 bits per heavy atom. The molecule has 0 aliphatic carbocycles. The summed E-state index contributed by atoms with van der Waals surface area (Å²) in [7, 11) is 1.53. The van der Waals surface area contributed by atoms with Gasteiger partial charge < -0.3 is 15.0 Å². The monoisotopic (exact) mass is 249 g/mol. The van der Waals surface area contributed by atoms with Crippen molar-refractivity contribution >= 4 is 5.91 Å². The van der Waals surface area contributed by atoms with Crippen molar-refractivity contribution in [3.8, 4) is 5.88 Å². The normalized spacial score (nSPS) is 23.8. The first kappa shape index (κ1) is 12.8. The summed E-state index contributed by atoms with van der Waals surface area (Å²) in [6.45, 7) is 5.58. The molecular weight excluding hydrogens is 230 g/mol. The van der Waals surface area contributed by atoms with E-state index in [1.54, 1.807) is 18.3 Å². The molecule has 18 heavy (non-hydrogen) atoms. The molecule has 1 amide bonds. The molecule has 98 valence electrons. The molecule has 5 heteroatoms. The van der Waals surface area contributed by atoms with Gasteiger partial charge in [0.1, 0.15) is 5.56 Å². The van der Waals surface area contributed by atoms with Crippen LogP contribution in [0.5, 0.6) is 5.88 Å². The third-order valence-electron chi connectivity index (χ3n) is 3.04. The van der Waals surface area contributed by atoms with Crippen LogP contribution < -0.4 is 10.1 Å². The molecule has 1 aliphatic heterocycles. The van der Waals surface area contributed by atoms with Crippen LogP contribution in [0.15, 0.2) is 18.3 Å². The number of hydrogen-bond donors (Lipinski definition) is 1. The number of ether oxygens (including phenoxy) is 1. The summed E-state index contributed by atoms with van der Waals surface area (Å²) >= 11 is 0. The smallest absolute Gasteiger partial charge is 0.259 e. The predicted molar refractivity (Wildman–Crippen MR) is 68.8 cm³/mol.